The minimum Gasteiger partial charge on any atom is -0.479 e. The molecule has 168 valence electrons. The van der Waals surface area contributed by atoms with Crippen molar-refractivity contribution in [1.29, 1.82) is 0 Å². The van der Waals surface area contributed by atoms with Crippen LogP contribution in [0.25, 0.3) is 5.65 Å². The number of piperazine rings is 1. The standard InChI is InChI=1S/C22H32N6O3/c1-2-31-21-10-6-9-18-24-25-22(28(18)21)23-19(29)11-12-20(30)27-15-13-26(14-16-27)17-7-4-3-5-8-17/h6,9-10,17H,2-5,7-8,11-16H2,1H3,(H,23,25,29). The van der Waals surface area contributed by atoms with E-state index in [1.807, 2.05) is 17.9 Å². The number of pyridine rings is 1. The smallest absolute Gasteiger partial charge is 0.238 e. The fourth-order valence-corrected chi connectivity index (χ4v) is 4.60. The highest BCUT2D eigenvalue weighted by molar-refractivity contribution is 5.92. The zero-order valence-corrected chi connectivity index (χ0v) is 18.3. The molecule has 9 nitrogen and oxygen atoms in total. The van der Waals surface area contributed by atoms with Gasteiger partial charge in [0.25, 0.3) is 0 Å². The highest BCUT2D eigenvalue weighted by Crippen LogP contribution is 2.24. The van der Waals surface area contributed by atoms with E-state index < -0.39 is 0 Å². The lowest BCUT2D eigenvalue weighted by molar-refractivity contribution is -0.134. The van der Waals surface area contributed by atoms with E-state index in [1.54, 1.807) is 16.5 Å². The van der Waals surface area contributed by atoms with Gasteiger partial charge in [0.15, 0.2) is 5.65 Å². The van der Waals surface area contributed by atoms with Crippen molar-refractivity contribution in [2.45, 2.75) is 57.9 Å². The second-order valence-electron chi connectivity index (χ2n) is 8.27. The topological polar surface area (TPSA) is 92.1 Å². The summed E-state index contributed by atoms with van der Waals surface area (Å²) in [5.41, 5.74) is 0.591. The third-order valence-corrected chi connectivity index (χ3v) is 6.26. The molecule has 2 amide bonds. The van der Waals surface area contributed by atoms with Crippen LogP contribution in [0.1, 0.15) is 51.9 Å². The monoisotopic (exact) mass is 428 g/mol. The maximum absolute atomic E-state index is 12.6. The van der Waals surface area contributed by atoms with Crippen molar-refractivity contribution in [2.75, 3.05) is 38.1 Å². The van der Waals surface area contributed by atoms with Crippen LogP contribution >= 0.6 is 0 Å². The molecule has 1 saturated heterocycles. The molecule has 31 heavy (non-hydrogen) atoms. The summed E-state index contributed by atoms with van der Waals surface area (Å²) in [5.74, 6) is 0.652. The molecular formula is C22H32N6O3. The van der Waals surface area contributed by atoms with Gasteiger partial charge in [-0.05, 0) is 31.9 Å². The molecule has 3 heterocycles. The number of anilines is 1. The fourth-order valence-electron chi connectivity index (χ4n) is 4.60. The first-order chi connectivity index (χ1) is 15.2. The maximum atomic E-state index is 12.6. The van der Waals surface area contributed by atoms with Gasteiger partial charge in [-0.3, -0.25) is 19.8 Å². The van der Waals surface area contributed by atoms with Crippen molar-refractivity contribution in [3.05, 3.63) is 18.2 Å². The molecule has 2 fully saturated rings. The molecule has 0 aromatic carbocycles. The summed E-state index contributed by atoms with van der Waals surface area (Å²) in [6.45, 7) is 5.77. The van der Waals surface area contributed by atoms with E-state index in [2.05, 4.69) is 20.4 Å². The van der Waals surface area contributed by atoms with E-state index >= 15 is 0 Å². The maximum Gasteiger partial charge on any atom is 0.238 e. The third-order valence-electron chi connectivity index (χ3n) is 6.26. The molecule has 2 aliphatic rings. The van der Waals surface area contributed by atoms with Crippen molar-refractivity contribution < 1.29 is 14.3 Å². The van der Waals surface area contributed by atoms with Crippen LogP contribution in [0.5, 0.6) is 5.88 Å². The molecule has 1 aliphatic heterocycles. The number of amides is 2. The van der Waals surface area contributed by atoms with Gasteiger partial charge in [0, 0.05) is 45.1 Å². The average Bonchev–Trinajstić information content (AvgIpc) is 3.22. The normalized spacial score (nSPS) is 18.3. The van der Waals surface area contributed by atoms with Crippen LogP contribution in [-0.2, 0) is 9.59 Å². The van der Waals surface area contributed by atoms with Crippen LogP contribution in [0.2, 0.25) is 0 Å². The molecule has 0 radical (unpaired) electrons. The number of ether oxygens (including phenoxy) is 1. The number of carbonyl (C=O) groups is 2. The summed E-state index contributed by atoms with van der Waals surface area (Å²) in [5, 5.41) is 10.9. The van der Waals surface area contributed by atoms with E-state index in [4.69, 9.17) is 4.74 Å². The number of hydrogen-bond acceptors (Lipinski definition) is 6. The highest BCUT2D eigenvalue weighted by Gasteiger charge is 2.27. The first-order valence-electron chi connectivity index (χ1n) is 11.4. The number of rotatable bonds is 7. The van der Waals surface area contributed by atoms with Crippen molar-refractivity contribution in [1.82, 2.24) is 24.4 Å². The van der Waals surface area contributed by atoms with Crippen LogP contribution in [0, 0.1) is 0 Å². The molecule has 2 aromatic rings. The largest absolute Gasteiger partial charge is 0.479 e. The number of nitrogens with one attached hydrogen (secondary N) is 1. The minimum absolute atomic E-state index is 0.0413. The second-order valence-corrected chi connectivity index (χ2v) is 8.27. The molecule has 0 spiro atoms. The van der Waals surface area contributed by atoms with Gasteiger partial charge in [0.1, 0.15) is 0 Å². The molecule has 1 N–H and O–H groups in total. The van der Waals surface area contributed by atoms with Gasteiger partial charge in [-0.25, -0.2) is 4.40 Å². The van der Waals surface area contributed by atoms with Crippen LogP contribution in [-0.4, -0.2) is 75.0 Å². The zero-order valence-electron chi connectivity index (χ0n) is 18.3. The predicted octanol–water partition coefficient (Wildman–Crippen LogP) is 2.32. The Hall–Kier alpha value is -2.68. The molecule has 1 aliphatic carbocycles. The van der Waals surface area contributed by atoms with Crippen LogP contribution in [0.3, 0.4) is 0 Å². The van der Waals surface area contributed by atoms with E-state index in [0.29, 0.717) is 30.1 Å². The molecule has 2 aromatic heterocycles. The van der Waals surface area contributed by atoms with E-state index in [0.717, 1.165) is 26.2 Å². The zero-order chi connectivity index (χ0) is 21.6. The molecule has 0 unspecified atom stereocenters. The van der Waals surface area contributed by atoms with E-state index in [-0.39, 0.29) is 24.7 Å². The van der Waals surface area contributed by atoms with Gasteiger partial charge in [0.05, 0.1) is 6.61 Å². The molecule has 4 rings (SSSR count). The molecule has 0 bridgehead atoms. The Kier molecular flexibility index (Phi) is 7.01. The Labute approximate surface area is 182 Å². The lowest BCUT2D eigenvalue weighted by Crippen LogP contribution is -2.52. The van der Waals surface area contributed by atoms with Gasteiger partial charge in [-0.1, -0.05) is 25.3 Å². The van der Waals surface area contributed by atoms with Gasteiger partial charge in [-0.2, -0.15) is 0 Å². The lowest BCUT2D eigenvalue weighted by atomic mass is 9.94. The Balaban J connectivity index is 1.26. The van der Waals surface area contributed by atoms with Crippen molar-refractivity contribution in [3.8, 4) is 5.88 Å². The number of fused-ring (bicyclic) bond motifs is 1. The van der Waals surface area contributed by atoms with Gasteiger partial charge >= 0.3 is 0 Å². The Morgan fingerprint density at radius 3 is 2.58 bits per heavy atom. The summed E-state index contributed by atoms with van der Waals surface area (Å²) in [4.78, 5) is 29.5. The van der Waals surface area contributed by atoms with E-state index in [1.165, 1.54) is 32.1 Å². The summed E-state index contributed by atoms with van der Waals surface area (Å²) in [6.07, 6.45) is 6.90. The lowest BCUT2D eigenvalue weighted by Gasteiger charge is -2.40. The molecule has 9 heteroatoms. The molecular weight excluding hydrogens is 396 g/mol. The second kappa shape index (κ2) is 10.1. The molecule has 0 atom stereocenters. The first kappa shape index (κ1) is 21.5. The fraction of sp³-hybridized carbons (Fsp3) is 0.636. The number of nitrogens with zero attached hydrogens (tertiary/aromatic N) is 5. The first-order valence-corrected chi connectivity index (χ1v) is 11.4. The number of hydrogen-bond donors (Lipinski definition) is 1. The van der Waals surface area contributed by atoms with Crippen molar-refractivity contribution >= 4 is 23.4 Å². The summed E-state index contributed by atoms with van der Waals surface area (Å²) in [7, 11) is 0. The van der Waals surface area contributed by atoms with E-state index in [9.17, 15) is 9.59 Å². The summed E-state index contributed by atoms with van der Waals surface area (Å²) >= 11 is 0. The van der Waals surface area contributed by atoms with Crippen LogP contribution in [0.15, 0.2) is 18.2 Å². The van der Waals surface area contributed by atoms with Gasteiger partial charge in [0.2, 0.25) is 23.6 Å². The van der Waals surface area contributed by atoms with Gasteiger partial charge in [-0.15, -0.1) is 10.2 Å². The average molecular weight is 429 g/mol. The SMILES string of the molecule is CCOc1cccc2nnc(NC(=O)CCC(=O)N3CCN(C4CCCCC4)CC3)n12. The third kappa shape index (κ3) is 5.15. The van der Waals surface area contributed by atoms with Gasteiger partial charge < -0.3 is 9.64 Å². The van der Waals surface area contributed by atoms with Crippen LogP contribution < -0.4 is 10.1 Å². The van der Waals surface area contributed by atoms with Crippen molar-refractivity contribution in [2.24, 2.45) is 0 Å². The number of carbonyl (C=O) groups excluding carboxylic acids is 2. The summed E-state index contributed by atoms with van der Waals surface area (Å²) < 4.78 is 7.26. The predicted molar refractivity (Wildman–Crippen MR) is 117 cm³/mol. The Morgan fingerprint density at radius 1 is 1.06 bits per heavy atom. The Morgan fingerprint density at radius 2 is 1.84 bits per heavy atom. The molecule has 1 saturated carbocycles. The van der Waals surface area contributed by atoms with Crippen molar-refractivity contribution in [3.63, 3.8) is 0 Å². The number of aromatic nitrogens is 3. The highest BCUT2D eigenvalue weighted by atomic mass is 16.5. The quantitative estimate of drug-likeness (QED) is 0.728. The van der Waals surface area contributed by atoms with Crippen LogP contribution in [0.4, 0.5) is 5.95 Å². The minimum atomic E-state index is -0.255. The Bertz CT molecular complexity index is 900. The summed E-state index contributed by atoms with van der Waals surface area (Å²) in [6, 6.07) is 6.11.